The number of hydrogen-bond acceptors (Lipinski definition) is 4. The lowest BCUT2D eigenvalue weighted by Gasteiger charge is -2.26. The highest BCUT2D eigenvalue weighted by molar-refractivity contribution is 5.43. The summed E-state index contributed by atoms with van der Waals surface area (Å²) in [6, 6.07) is 6.44. The lowest BCUT2D eigenvalue weighted by Crippen LogP contribution is -2.34. The first kappa shape index (κ1) is 16.1. The third kappa shape index (κ3) is 4.35. The zero-order valence-electron chi connectivity index (χ0n) is 13.4. The number of hydrogen-bond donors (Lipinski definition) is 1. The Balaban J connectivity index is 1.99. The highest BCUT2D eigenvalue weighted by Gasteiger charge is 2.17. The molecule has 4 nitrogen and oxygen atoms in total. The Kier molecular flexibility index (Phi) is 6.33. The second-order valence-corrected chi connectivity index (χ2v) is 5.47. The Morgan fingerprint density at radius 3 is 2.67 bits per heavy atom. The Morgan fingerprint density at radius 2 is 2.05 bits per heavy atom. The third-order valence-electron chi connectivity index (χ3n) is 4.08. The average molecular weight is 293 g/mol. The van der Waals surface area contributed by atoms with Gasteiger partial charge in [0, 0.05) is 19.2 Å². The molecule has 1 aromatic carbocycles. The van der Waals surface area contributed by atoms with E-state index in [0.717, 1.165) is 37.5 Å². The number of ether oxygens (including phenoxy) is 3. The maximum atomic E-state index is 5.78. The highest BCUT2D eigenvalue weighted by Crippen LogP contribution is 2.30. The summed E-state index contributed by atoms with van der Waals surface area (Å²) < 4.78 is 16.5. The molecule has 1 fully saturated rings. The van der Waals surface area contributed by atoms with E-state index in [0.29, 0.717) is 12.1 Å². The van der Waals surface area contributed by atoms with Gasteiger partial charge < -0.3 is 19.5 Å². The quantitative estimate of drug-likeness (QED) is 0.837. The second-order valence-electron chi connectivity index (χ2n) is 5.47. The van der Waals surface area contributed by atoms with Gasteiger partial charge in [-0.15, -0.1) is 0 Å². The van der Waals surface area contributed by atoms with Crippen LogP contribution in [0.3, 0.4) is 0 Å². The first-order chi connectivity index (χ1) is 10.3. The molecule has 1 aliphatic heterocycles. The normalized spacial score (nSPS) is 20.0. The van der Waals surface area contributed by atoms with Gasteiger partial charge >= 0.3 is 0 Å². The smallest absolute Gasteiger partial charge is 0.161 e. The Morgan fingerprint density at radius 1 is 1.24 bits per heavy atom. The van der Waals surface area contributed by atoms with E-state index >= 15 is 0 Å². The SMILES string of the molecule is CCC(NCC1CCCCO1)c1ccc(OC)c(OC)c1. The van der Waals surface area contributed by atoms with Crippen molar-refractivity contribution in [3.05, 3.63) is 23.8 Å². The van der Waals surface area contributed by atoms with Crippen LogP contribution in [0.15, 0.2) is 18.2 Å². The van der Waals surface area contributed by atoms with E-state index in [2.05, 4.69) is 24.4 Å². The van der Waals surface area contributed by atoms with E-state index in [1.165, 1.54) is 18.4 Å². The molecule has 0 aromatic heterocycles. The summed E-state index contributed by atoms with van der Waals surface area (Å²) >= 11 is 0. The van der Waals surface area contributed by atoms with Crippen LogP contribution in [0.1, 0.15) is 44.2 Å². The topological polar surface area (TPSA) is 39.7 Å². The fourth-order valence-corrected chi connectivity index (χ4v) is 2.81. The summed E-state index contributed by atoms with van der Waals surface area (Å²) in [6.45, 7) is 4.00. The minimum atomic E-state index is 0.315. The van der Waals surface area contributed by atoms with Gasteiger partial charge in [0.05, 0.1) is 20.3 Å². The largest absolute Gasteiger partial charge is 0.493 e. The van der Waals surface area contributed by atoms with Gasteiger partial charge in [-0.3, -0.25) is 0 Å². The Labute approximate surface area is 127 Å². The van der Waals surface area contributed by atoms with E-state index in [1.54, 1.807) is 14.2 Å². The first-order valence-electron chi connectivity index (χ1n) is 7.85. The van der Waals surface area contributed by atoms with Crippen LogP contribution in [-0.2, 0) is 4.74 Å². The van der Waals surface area contributed by atoms with Crippen molar-refractivity contribution in [3.8, 4) is 11.5 Å². The van der Waals surface area contributed by atoms with Gasteiger partial charge in [0.2, 0.25) is 0 Å². The van der Waals surface area contributed by atoms with Crippen LogP contribution in [0.2, 0.25) is 0 Å². The number of rotatable bonds is 7. The lowest BCUT2D eigenvalue weighted by molar-refractivity contribution is 0.0152. The fourth-order valence-electron chi connectivity index (χ4n) is 2.81. The van der Waals surface area contributed by atoms with Gasteiger partial charge in [-0.25, -0.2) is 0 Å². The van der Waals surface area contributed by atoms with Crippen LogP contribution in [-0.4, -0.2) is 33.5 Å². The Bertz CT molecular complexity index is 430. The van der Waals surface area contributed by atoms with Crippen molar-refractivity contribution in [1.29, 1.82) is 0 Å². The zero-order chi connectivity index (χ0) is 15.1. The van der Waals surface area contributed by atoms with Crippen molar-refractivity contribution >= 4 is 0 Å². The molecule has 1 aliphatic rings. The summed E-state index contributed by atoms with van der Waals surface area (Å²) in [5.74, 6) is 1.55. The summed E-state index contributed by atoms with van der Waals surface area (Å²) in [7, 11) is 3.33. The zero-order valence-corrected chi connectivity index (χ0v) is 13.4. The molecule has 2 rings (SSSR count). The molecule has 0 radical (unpaired) electrons. The van der Waals surface area contributed by atoms with Gasteiger partial charge in [0.25, 0.3) is 0 Å². The molecular weight excluding hydrogens is 266 g/mol. The number of methoxy groups -OCH3 is 2. The molecule has 1 heterocycles. The summed E-state index contributed by atoms with van der Waals surface area (Å²) in [5, 5.41) is 3.62. The molecule has 0 saturated carbocycles. The molecule has 0 amide bonds. The van der Waals surface area contributed by atoms with Gasteiger partial charge in [0.1, 0.15) is 0 Å². The van der Waals surface area contributed by atoms with Crippen molar-refractivity contribution < 1.29 is 14.2 Å². The predicted octanol–water partition coefficient (Wildman–Crippen LogP) is 3.31. The fraction of sp³-hybridized carbons (Fsp3) is 0.647. The van der Waals surface area contributed by atoms with Crippen molar-refractivity contribution in [1.82, 2.24) is 5.32 Å². The Hall–Kier alpha value is -1.26. The molecule has 2 unspecified atom stereocenters. The average Bonchev–Trinajstić information content (AvgIpc) is 2.56. The van der Waals surface area contributed by atoms with Crippen LogP contribution in [0.4, 0.5) is 0 Å². The molecule has 0 aliphatic carbocycles. The molecule has 1 aromatic rings. The van der Waals surface area contributed by atoms with Crippen LogP contribution in [0.25, 0.3) is 0 Å². The molecule has 21 heavy (non-hydrogen) atoms. The standard InChI is InChI=1S/C17H27NO3/c1-4-15(18-12-14-7-5-6-10-21-14)13-8-9-16(19-2)17(11-13)20-3/h8-9,11,14-15,18H,4-7,10,12H2,1-3H3. The summed E-state index contributed by atoms with van der Waals surface area (Å²) in [4.78, 5) is 0. The minimum Gasteiger partial charge on any atom is -0.493 e. The maximum absolute atomic E-state index is 5.78. The molecule has 4 heteroatoms. The second kappa shape index (κ2) is 8.25. The predicted molar refractivity (Wildman–Crippen MR) is 84.2 cm³/mol. The number of benzene rings is 1. The first-order valence-corrected chi connectivity index (χ1v) is 7.85. The van der Waals surface area contributed by atoms with Gasteiger partial charge in [-0.05, 0) is 43.4 Å². The molecule has 0 bridgehead atoms. The van der Waals surface area contributed by atoms with E-state index in [9.17, 15) is 0 Å². The van der Waals surface area contributed by atoms with E-state index < -0.39 is 0 Å². The van der Waals surface area contributed by atoms with Crippen molar-refractivity contribution in [3.63, 3.8) is 0 Å². The van der Waals surface area contributed by atoms with Crippen molar-refractivity contribution in [2.75, 3.05) is 27.4 Å². The van der Waals surface area contributed by atoms with Crippen LogP contribution in [0.5, 0.6) is 11.5 Å². The lowest BCUT2D eigenvalue weighted by atomic mass is 10.0. The van der Waals surface area contributed by atoms with Crippen LogP contribution in [0, 0.1) is 0 Å². The molecule has 1 saturated heterocycles. The van der Waals surface area contributed by atoms with E-state index in [4.69, 9.17) is 14.2 Å². The monoisotopic (exact) mass is 293 g/mol. The molecule has 0 spiro atoms. The molecule has 1 N–H and O–H groups in total. The number of nitrogens with one attached hydrogen (secondary N) is 1. The van der Waals surface area contributed by atoms with Crippen LogP contribution < -0.4 is 14.8 Å². The molecular formula is C17H27NO3. The summed E-state index contributed by atoms with van der Waals surface area (Å²) in [5.41, 5.74) is 1.23. The van der Waals surface area contributed by atoms with E-state index in [1.807, 2.05) is 6.07 Å². The van der Waals surface area contributed by atoms with Crippen LogP contribution >= 0.6 is 0 Å². The van der Waals surface area contributed by atoms with Gasteiger partial charge in [-0.2, -0.15) is 0 Å². The maximum Gasteiger partial charge on any atom is 0.161 e. The van der Waals surface area contributed by atoms with Crippen molar-refractivity contribution in [2.24, 2.45) is 0 Å². The van der Waals surface area contributed by atoms with Gasteiger partial charge in [0.15, 0.2) is 11.5 Å². The molecule has 118 valence electrons. The van der Waals surface area contributed by atoms with E-state index in [-0.39, 0.29) is 0 Å². The van der Waals surface area contributed by atoms with Gasteiger partial charge in [-0.1, -0.05) is 13.0 Å². The highest BCUT2D eigenvalue weighted by atomic mass is 16.5. The minimum absolute atomic E-state index is 0.315. The summed E-state index contributed by atoms with van der Waals surface area (Å²) in [6.07, 6.45) is 5.02. The van der Waals surface area contributed by atoms with Crippen molar-refractivity contribution in [2.45, 2.75) is 44.8 Å². The molecule has 2 atom stereocenters. The third-order valence-corrected chi connectivity index (χ3v) is 4.08.